The zero-order valence-corrected chi connectivity index (χ0v) is 14.9. The summed E-state index contributed by atoms with van der Waals surface area (Å²) < 4.78 is 11.5. The van der Waals surface area contributed by atoms with Crippen molar-refractivity contribution < 1.29 is 14.3 Å². The molecule has 25 heavy (non-hydrogen) atoms. The first kappa shape index (κ1) is 18.5. The summed E-state index contributed by atoms with van der Waals surface area (Å²) in [5, 5.41) is 3.84. The van der Waals surface area contributed by atoms with E-state index in [1.807, 2.05) is 36.4 Å². The molecular formula is C20H24N2O3. The standard InChI is InChI=1S/C20H24N2O3/c1-15-10-16(2)12-20(11-15)25-9-5-8-24-19-7-4-6-18(13-19)14-21-22-17(3)23/h4,6-7,10-14H,5,8-9H2,1-3H3,(H,22,23)/b21-14-. The summed E-state index contributed by atoms with van der Waals surface area (Å²) in [6.07, 6.45) is 2.37. The van der Waals surface area contributed by atoms with Crippen LogP contribution >= 0.6 is 0 Å². The largest absolute Gasteiger partial charge is 0.493 e. The number of nitrogens with zero attached hydrogens (tertiary/aromatic N) is 1. The van der Waals surface area contributed by atoms with Crippen molar-refractivity contribution in [2.24, 2.45) is 5.10 Å². The van der Waals surface area contributed by atoms with Gasteiger partial charge in [-0.05, 0) is 54.8 Å². The van der Waals surface area contributed by atoms with E-state index in [0.717, 1.165) is 23.5 Å². The molecule has 0 saturated heterocycles. The Bertz CT molecular complexity index is 721. The van der Waals surface area contributed by atoms with Gasteiger partial charge < -0.3 is 9.47 Å². The van der Waals surface area contributed by atoms with E-state index in [1.165, 1.54) is 18.1 Å². The summed E-state index contributed by atoms with van der Waals surface area (Å²) in [4.78, 5) is 10.8. The molecule has 132 valence electrons. The minimum Gasteiger partial charge on any atom is -0.493 e. The molecule has 0 atom stereocenters. The molecule has 0 heterocycles. The van der Waals surface area contributed by atoms with E-state index in [1.54, 1.807) is 6.21 Å². The van der Waals surface area contributed by atoms with Gasteiger partial charge in [0.15, 0.2) is 0 Å². The number of hydrogen-bond acceptors (Lipinski definition) is 4. The number of amides is 1. The number of hydrazone groups is 1. The van der Waals surface area contributed by atoms with Gasteiger partial charge in [0, 0.05) is 13.3 Å². The van der Waals surface area contributed by atoms with E-state index in [-0.39, 0.29) is 5.91 Å². The number of ether oxygens (including phenoxy) is 2. The van der Waals surface area contributed by atoms with Crippen LogP contribution in [0.4, 0.5) is 0 Å². The maximum Gasteiger partial charge on any atom is 0.236 e. The first-order valence-corrected chi connectivity index (χ1v) is 8.26. The van der Waals surface area contributed by atoms with Gasteiger partial charge in [0.1, 0.15) is 11.5 Å². The van der Waals surface area contributed by atoms with Crippen LogP contribution < -0.4 is 14.9 Å². The minimum absolute atomic E-state index is 0.201. The highest BCUT2D eigenvalue weighted by Gasteiger charge is 1.99. The van der Waals surface area contributed by atoms with Gasteiger partial charge in [-0.25, -0.2) is 5.43 Å². The van der Waals surface area contributed by atoms with Crippen LogP contribution in [0.3, 0.4) is 0 Å². The van der Waals surface area contributed by atoms with Crippen LogP contribution in [-0.4, -0.2) is 25.3 Å². The molecule has 2 aromatic carbocycles. The van der Waals surface area contributed by atoms with Crippen LogP contribution in [0.1, 0.15) is 30.0 Å². The van der Waals surface area contributed by atoms with E-state index in [4.69, 9.17) is 9.47 Å². The zero-order valence-electron chi connectivity index (χ0n) is 14.9. The molecule has 2 rings (SSSR count). The molecule has 0 saturated carbocycles. The third-order valence-electron chi connectivity index (χ3n) is 3.32. The van der Waals surface area contributed by atoms with Gasteiger partial charge in [0.25, 0.3) is 0 Å². The third kappa shape index (κ3) is 7.08. The van der Waals surface area contributed by atoms with E-state index in [2.05, 4.69) is 30.4 Å². The van der Waals surface area contributed by atoms with E-state index in [0.29, 0.717) is 13.2 Å². The van der Waals surface area contributed by atoms with Crippen molar-refractivity contribution in [1.82, 2.24) is 5.43 Å². The third-order valence-corrected chi connectivity index (χ3v) is 3.32. The van der Waals surface area contributed by atoms with Crippen LogP contribution in [0.15, 0.2) is 47.6 Å². The number of benzene rings is 2. The predicted molar refractivity (Wildman–Crippen MR) is 99.4 cm³/mol. The van der Waals surface area contributed by atoms with Crippen molar-refractivity contribution in [3.8, 4) is 11.5 Å². The van der Waals surface area contributed by atoms with Gasteiger partial charge in [0.2, 0.25) is 5.91 Å². The lowest BCUT2D eigenvalue weighted by molar-refractivity contribution is -0.118. The molecule has 0 unspecified atom stereocenters. The maximum absolute atomic E-state index is 10.8. The average molecular weight is 340 g/mol. The van der Waals surface area contributed by atoms with Crippen molar-refractivity contribution in [1.29, 1.82) is 0 Å². The quantitative estimate of drug-likeness (QED) is 0.453. The molecule has 0 spiro atoms. The molecule has 0 radical (unpaired) electrons. The number of rotatable bonds is 8. The van der Waals surface area contributed by atoms with E-state index in [9.17, 15) is 4.79 Å². The lowest BCUT2D eigenvalue weighted by Crippen LogP contribution is -2.12. The summed E-state index contributed by atoms with van der Waals surface area (Å²) in [6, 6.07) is 13.7. The van der Waals surface area contributed by atoms with Gasteiger partial charge in [0.05, 0.1) is 19.4 Å². The van der Waals surface area contributed by atoms with E-state index >= 15 is 0 Å². The lowest BCUT2D eigenvalue weighted by atomic mass is 10.1. The average Bonchev–Trinajstić information content (AvgIpc) is 2.54. The Labute approximate surface area is 148 Å². The second kappa shape index (κ2) is 9.47. The molecule has 5 nitrogen and oxygen atoms in total. The van der Waals surface area contributed by atoms with Crippen LogP contribution in [0, 0.1) is 13.8 Å². The molecule has 0 bridgehead atoms. The Morgan fingerprint density at radius 3 is 2.40 bits per heavy atom. The van der Waals surface area contributed by atoms with Crippen molar-refractivity contribution in [3.05, 3.63) is 59.2 Å². The fourth-order valence-electron chi connectivity index (χ4n) is 2.34. The van der Waals surface area contributed by atoms with E-state index < -0.39 is 0 Å². The van der Waals surface area contributed by atoms with Crippen molar-refractivity contribution in [2.75, 3.05) is 13.2 Å². The summed E-state index contributed by atoms with van der Waals surface area (Å²) in [7, 11) is 0. The monoisotopic (exact) mass is 340 g/mol. The molecule has 5 heteroatoms. The van der Waals surface area contributed by atoms with Crippen molar-refractivity contribution >= 4 is 12.1 Å². The molecular weight excluding hydrogens is 316 g/mol. The summed E-state index contributed by atoms with van der Waals surface area (Å²) in [5.74, 6) is 1.46. The van der Waals surface area contributed by atoms with Gasteiger partial charge in [-0.3, -0.25) is 4.79 Å². The molecule has 2 aromatic rings. The SMILES string of the molecule is CC(=O)N/N=C\c1cccc(OCCCOc2cc(C)cc(C)c2)c1. The smallest absolute Gasteiger partial charge is 0.236 e. The number of carbonyl (C=O) groups excluding carboxylic acids is 1. The Morgan fingerprint density at radius 2 is 1.72 bits per heavy atom. The fourth-order valence-corrected chi connectivity index (χ4v) is 2.34. The number of aryl methyl sites for hydroxylation is 2. The molecule has 1 amide bonds. The normalized spacial score (nSPS) is 10.7. The van der Waals surface area contributed by atoms with Crippen LogP contribution in [0.25, 0.3) is 0 Å². The van der Waals surface area contributed by atoms with Crippen molar-refractivity contribution in [3.63, 3.8) is 0 Å². The molecule has 0 fully saturated rings. The number of carbonyl (C=O) groups is 1. The Kier molecular flexibility index (Phi) is 7.01. The number of nitrogens with one attached hydrogen (secondary N) is 1. The van der Waals surface area contributed by atoms with Gasteiger partial charge in [-0.1, -0.05) is 18.2 Å². The summed E-state index contributed by atoms with van der Waals surface area (Å²) >= 11 is 0. The van der Waals surface area contributed by atoms with Gasteiger partial charge in [-0.15, -0.1) is 0 Å². The van der Waals surface area contributed by atoms with Crippen LogP contribution in [0.2, 0.25) is 0 Å². The Hall–Kier alpha value is -2.82. The fraction of sp³-hybridized carbons (Fsp3) is 0.300. The summed E-state index contributed by atoms with van der Waals surface area (Å²) in [6.45, 7) is 6.71. The lowest BCUT2D eigenvalue weighted by Gasteiger charge is -2.09. The zero-order chi connectivity index (χ0) is 18.1. The second-order valence-corrected chi connectivity index (χ2v) is 5.87. The minimum atomic E-state index is -0.201. The van der Waals surface area contributed by atoms with Crippen LogP contribution in [-0.2, 0) is 4.79 Å². The molecule has 0 aliphatic heterocycles. The highest BCUT2D eigenvalue weighted by molar-refractivity contribution is 5.82. The van der Waals surface area contributed by atoms with Crippen LogP contribution in [0.5, 0.6) is 11.5 Å². The second-order valence-electron chi connectivity index (χ2n) is 5.87. The first-order chi connectivity index (χ1) is 12.0. The van der Waals surface area contributed by atoms with Gasteiger partial charge in [-0.2, -0.15) is 5.10 Å². The molecule has 0 aliphatic carbocycles. The topological polar surface area (TPSA) is 59.9 Å². The maximum atomic E-state index is 10.8. The molecule has 1 N–H and O–H groups in total. The van der Waals surface area contributed by atoms with Gasteiger partial charge >= 0.3 is 0 Å². The predicted octanol–water partition coefficient (Wildman–Crippen LogP) is 3.62. The highest BCUT2D eigenvalue weighted by Crippen LogP contribution is 2.16. The molecule has 0 aromatic heterocycles. The highest BCUT2D eigenvalue weighted by atomic mass is 16.5. The molecule has 0 aliphatic rings. The van der Waals surface area contributed by atoms with Crippen molar-refractivity contribution in [2.45, 2.75) is 27.2 Å². The summed E-state index contributed by atoms with van der Waals surface area (Å²) in [5.41, 5.74) is 5.63. The Balaban J connectivity index is 1.74. The Morgan fingerprint density at radius 1 is 1.04 bits per heavy atom. The number of hydrogen-bond donors (Lipinski definition) is 1. The first-order valence-electron chi connectivity index (χ1n) is 8.26.